The van der Waals surface area contributed by atoms with Crippen molar-refractivity contribution in [2.24, 2.45) is 0 Å². The minimum atomic E-state index is -0.00616. The van der Waals surface area contributed by atoms with E-state index in [2.05, 4.69) is 26.8 Å². The summed E-state index contributed by atoms with van der Waals surface area (Å²) < 4.78 is 5.26. The van der Waals surface area contributed by atoms with Gasteiger partial charge in [0, 0.05) is 17.1 Å². The van der Waals surface area contributed by atoms with E-state index in [0.717, 1.165) is 18.4 Å². The first-order valence-corrected chi connectivity index (χ1v) is 7.96. The summed E-state index contributed by atoms with van der Waals surface area (Å²) in [4.78, 5) is 0. The Bertz CT molecular complexity index is 552. The van der Waals surface area contributed by atoms with Gasteiger partial charge in [0.1, 0.15) is 6.61 Å². The van der Waals surface area contributed by atoms with Crippen molar-refractivity contribution in [3.63, 3.8) is 0 Å². The zero-order valence-electron chi connectivity index (χ0n) is 14.7. The molecule has 0 atom stereocenters. The van der Waals surface area contributed by atoms with E-state index >= 15 is 0 Å². The van der Waals surface area contributed by atoms with E-state index in [9.17, 15) is 5.11 Å². The van der Waals surface area contributed by atoms with Crippen molar-refractivity contribution >= 4 is 0 Å². The molecule has 1 aliphatic rings. The average molecular weight is 367 g/mol. The summed E-state index contributed by atoms with van der Waals surface area (Å²) in [7, 11) is 0. The van der Waals surface area contributed by atoms with Gasteiger partial charge in [-0.1, -0.05) is 29.4 Å². The van der Waals surface area contributed by atoms with Gasteiger partial charge in [-0.2, -0.15) is 18.2 Å². The molecule has 0 radical (unpaired) electrons. The van der Waals surface area contributed by atoms with Gasteiger partial charge in [0.15, 0.2) is 0 Å². The molecule has 0 saturated carbocycles. The second kappa shape index (κ2) is 13.6. The van der Waals surface area contributed by atoms with Crippen LogP contribution in [0.1, 0.15) is 33.6 Å². The zero-order chi connectivity index (χ0) is 16.9. The summed E-state index contributed by atoms with van der Waals surface area (Å²) in [5, 5.41) is 9.63. The van der Waals surface area contributed by atoms with Gasteiger partial charge in [0.2, 0.25) is 0 Å². The third-order valence-corrected chi connectivity index (χ3v) is 3.21. The van der Waals surface area contributed by atoms with Crippen LogP contribution in [0, 0.1) is 0 Å². The van der Waals surface area contributed by atoms with Crippen molar-refractivity contribution in [1.82, 2.24) is 0 Å². The molecule has 0 heterocycles. The van der Waals surface area contributed by atoms with Crippen molar-refractivity contribution in [3.05, 3.63) is 89.5 Å². The van der Waals surface area contributed by atoms with E-state index in [1.54, 1.807) is 0 Å². The number of hydrogen-bond acceptors (Lipinski definition) is 2. The van der Waals surface area contributed by atoms with E-state index in [0.29, 0.717) is 6.61 Å². The summed E-state index contributed by atoms with van der Waals surface area (Å²) >= 11 is 0. The first kappa shape index (κ1) is 22.2. The van der Waals surface area contributed by atoms with Crippen molar-refractivity contribution in [1.29, 1.82) is 0 Å². The van der Waals surface area contributed by atoms with Crippen LogP contribution in [0.25, 0.3) is 0 Å². The predicted octanol–water partition coefficient (Wildman–Crippen LogP) is 5.99. The van der Waals surface area contributed by atoms with Crippen molar-refractivity contribution < 1.29 is 26.9 Å². The number of aliphatic hydroxyl groups is 1. The van der Waals surface area contributed by atoms with Crippen molar-refractivity contribution in [2.45, 2.75) is 33.6 Å². The van der Waals surface area contributed by atoms with Gasteiger partial charge in [-0.15, -0.1) is 0 Å². The van der Waals surface area contributed by atoms with Crippen LogP contribution in [-0.2, 0) is 21.8 Å². The number of rotatable bonds is 6. The molecular formula is C21H27FeO2-. The zero-order valence-corrected chi connectivity index (χ0v) is 15.8. The van der Waals surface area contributed by atoms with Crippen LogP contribution < -0.4 is 0 Å². The molecule has 1 aromatic carbocycles. The van der Waals surface area contributed by atoms with Gasteiger partial charge < -0.3 is 9.84 Å². The Kier molecular flexibility index (Phi) is 12.6. The fourth-order valence-corrected chi connectivity index (χ4v) is 1.87. The van der Waals surface area contributed by atoms with Crippen molar-refractivity contribution in [2.75, 3.05) is 6.61 Å². The van der Waals surface area contributed by atoms with Gasteiger partial charge in [0.05, 0.1) is 5.57 Å². The topological polar surface area (TPSA) is 29.5 Å². The molecule has 0 fully saturated rings. The van der Waals surface area contributed by atoms with Crippen LogP contribution in [0.2, 0.25) is 0 Å². The van der Waals surface area contributed by atoms with E-state index in [1.165, 1.54) is 11.1 Å². The Hall–Kier alpha value is -1.83. The third-order valence-electron chi connectivity index (χ3n) is 3.21. The molecule has 1 N–H and O–H groups in total. The fraction of sp³-hybridized carbons (Fsp3) is 0.286. The number of aliphatic hydroxyl groups excluding tert-OH is 1. The van der Waals surface area contributed by atoms with E-state index in [-0.39, 0.29) is 23.0 Å². The molecule has 0 saturated heterocycles. The molecule has 1 aliphatic carbocycles. The molecule has 3 heteroatoms. The second-order valence-electron chi connectivity index (χ2n) is 5.62. The van der Waals surface area contributed by atoms with Gasteiger partial charge in [0.25, 0.3) is 5.95 Å². The number of ether oxygens (including phenoxy) is 1. The van der Waals surface area contributed by atoms with E-state index in [1.807, 2.05) is 60.7 Å². The molecule has 1 aromatic rings. The maximum absolute atomic E-state index is 9.63. The maximum Gasteiger partial charge on any atom is 0.284 e. The monoisotopic (exact) mass is 367 g/mol. The Morgan fingerprint density at radius 3 is 2.21 bits per heavy atom. The molecule has 0 aromatic heterocycles. The molecular weight excluding hydrogens is 340 g/mol. The molecule has 2 rings (SSSR count). The van der Waals surface area contributed by atoms with Gasteiger partial charge in [-0.05, 0) is 51.8 Å². The van der Waals surface area contributed by atoms with Gasteiger partial charge in [-0.25, -0.2) is 12.1 Å². The van der Waals surface area contributed by atoms with Crippen molar-refractivity contribution in [3.8, 4) is 0 Å². The average Bonchev–Trinajstić information content (AvgIpc) is 3.23. The van der Waals surface area contributed by atoms with Crippen LogP contribution in [0.5, 0.6) is 0 Å². The van der Waals surface area contributed by atoms with E-state index < -0.39 is 0 Å². The predicted molar refractivity (Wildman–Crippen MR) is 98.3 cm³/mol. The van der Waals surface area contributed by atoms with Crippen LogP contribution in [0.4, 0.5) is 0 Å². The SMILES string of the molecule is CC(C)=CCC/C(C)=C/COC(O)=C1C=CC=C1.[Fe].c1cc[cH-]c1. The second-order valence-corrected chi connectivity index (χ2v) is 5.62. The van der Waals surface area contributed by atoms with Crippen LogP contribution in [0.15, 0.2) is 89.5 Å². The molecule has 0 bridgehead atoms. The fourth-order valence-electron chi connectivity index (χ4n) is 1.87. The Morgan fingerprint density at radius 2 is 1.71 bits per heavy atom. The summed E-state index contributed by atoms with van der Waals surface area (Å²) in [6.07, 6.45) is 13.7. The molecule has 2 nitrogen and oxygen atoms in total. The van der Waals surface area contributed by atoms with Gasteiger partial charge in [-0.3, -0.25) is 0 Å². The van der Waals surface area contributed by atoms with Crippen LogP contribution in [0.3, 0.4) is 0 Å². The number of hydrogen-bond donors (Lipinski definition) is 1. The first-order chi connectivity index (χ1) is 11.1. The molecule has 132 valence electrons. The van der Waals surface area contributed by atoms with Gasteiger partial charge >= 0.3 is 0 Å². The summed E-state index contributed by atoms with van der Waals surface area (Å²) in [6, 6.07) is 10.0. The Labute approximate surface area is 156 Å². The normalized spacial score (nSPS) is 12.1. The van der Waals surface area contributed by atoms with Crippen LogP contribution in [-0.4, -0.2) is 11.7 Å². The smallest absolute Gasteiger partial charge is 0.284 e. The third kappa shape index (κ3) is 10.8. The van der Waals surface area contributed by atoms with Crippen LogP contribution >= 0.6 is 0 Å². The molecule has 0 unspecified atom stereocenters. The molecule has 0 spiro atoms. The minimum Gasteiger partial charge on any atom is -0.481 e. The standard InChI is InChI=1S/C16H22O2.C5H5.Fe/c1-13(2)7-6-8-14(3)11-12-18-16(17)15-9-4-5-10-15;1-2-4-5-3-1;/h4-5,7,9-11,17H,6,8,12H2,1-3H3;1-5H;/q;-1;/b14-11+;;. The maximum atomic E-state index is 9.63. The summed E-state index contributed by atoms with van der Waals surface area (Å²) in [5.41, 5.74) is 3.36. The summed E-state index contributed by atoms with van der Waals surface area (Å²) in [6.45, 7) is 6.71. The quantitative estimate of drug-likeness (QED) is 0.289. The first-order valence-electron chi connectivity index (χ1n) is 7.96. The minimum absolute atomic E-state index is 0. The summed E-state index contributed by atoms with van der Waals surface area (Å²) in [5.74, 6) is -0.00616. The molecule has 0 amide bonds. The Balaban J connectivity index is 0.000000751. The Morgan fingerprint density at radius 1 is 1.08 bits per heavy atom. The molecule has 0 aliphatic heterocycles. The molecule has 24 heavy (non-hydrogen) atoms. The number of allylic oxidation sites excluding steroid dienone is 8. The van der Waals surface area contributed by atoms with E-state index in [4.69, 9.17) is 4.74 Å². The largest absolute Gasteiger partial charge is 0.481 e.